The molecule has 0 spiro atoms. The van der Waals surface area contributed by atoms with Crippen molar-refractivity contribution < 1.29 is 4.79 Å². The molecule has 4 N–H and O–H groups in total. The van der Waals surface area contributed by atoms with E-state index in [0.29, 0.717) is 47.5 Å². The minimum Gasteiger partial charge on any atom is -0.368 e. The van der Waals surface area contributed by atoms with Crippen LogP contribution in [0.15, 0.2) is 48.7 Å². The second-order valence-electron chi connectivity index (χ2n) is 8.91. The van der Waals surface area contributed by atoms with Gasteiger partial charge in [0.05, 0.1) is 0 Å². The topological polar surface area (TPSA) is 99.9 Å². The molecule has 0 bridgehead atoms. The summed E-state index contributed by atoms with van der Waals surface area (Å²) in [6, 6.07) is 13.0. The minimum absolute atomic E-state index is 0.310. The number of H-pyrrole nitrogens is 1. The minimum atomic E-state index is -0.686. The van der Waals surface area contributed by atoms with Gasteiger partial charge < -0.3 is 16.0 Å². The molecule has 5 rings (SSSR count). The number of nitrogens with zero attached hydrogens (tertiary/aromatic N) is 3. The van der Waals surface area contributed by atoms with E-state index in [4.69, 9.17) is 40.5 Å². The first-order valence-corrected chi connectivity index (χ1v) is 12.8. The van der Waals surface area contributed by atoms with Gasteiger partial charge in [-0.25, -0.2) is 4.98 Å². The summed E-state index contributed by atoms with van der Waals surface area (Å²) in [5.41, 5.74) is 9.19. The van der Waals surface area contributed by atoms with E-state index in [1.54, 1.807) is 18.3 Å². The maximum Gasteiger partial charge on any atom is 0.237 e. The number of rotatable bonds is 6. The number of aromatic amines is 1. The smallest absolute Gasteiger partial charge is 0.237 e. The fraction of sp³-hybridized carbons (Fsp3) is 0.269. The van der Waals surface area contributed by atoms with E-state index in [9.17, 15) is 4.79 Å². The maximum atomic E-state index is 12.2. The lowest BCUT2D eigenvalue weighted by molar-refractivity contribution is -0.125. The Morgan fingerprint density at radius 3 is 2.42 bits per heavy atom. The summed E-state index contributed by atoms with van der Waals surface area (Å²) in [6.07, 6.45) is 2.99. The van der Waals surface area contributed by atoms with E-state index < -0.39 is 5.54 Å². The number of fused-ring (bicyclic) bond motifs is 1. The van der Waals surface area contributed by atoms with Crippen LogP contribution in [0.25, 0.3) is 33.3 Å². The third-order valence-electron chi connectivity index (χ3n) is 6.83. The summed E-state index contributed by atoms with van der Waals surface area (Å²) in [4.78, 5) is 19.0. The highest BCUT2D eigenvalue weighted by Gasteiger charge is 2.39. The van der Waals surface area contributed by atoms with Gasteiger partial charge >= 0.3 is 0 Å². The van der Waals surface area contributed by atoms with Gasteiger partial charge in [-0.1, -0.05) is 53.9 Å². The molecule has 1 fully saturated rings. The number of carbonyl (C=O) groups is 1. The highest BCUT2D eigenvalue weighted by atomic mass is 35.5. The Kier molecular flexibility index (Phi) is 6.83. The van der Waals surface area contributed by atoms with E-state index in [1.807, 2.05) is 37.3 Å². The van der Waals surface area contributed by atoms with Crippen molar-refractivity contribution in [3.63, 3.8) is 0 Å². The van der Waals surface area contributed by atoms with Crippen molar-refractivity contribution in [3.8, 4) is 22.4 Å². The molecule has 186 valence electrons. The van der Waals surface area contributed by atoms with Crippen molar-refractivity contribution in [1.82, 2.24) is 20.5 Å². The SMILES string of the molecule is CCNC1(C(N)=O)CCN(c2nccc3c(-c4ccc(Cl)cc4-c4ccc(Cl)cc4Cl)n[nH]c23)CC1. The lowest BCUT2D eigenvalue weighted by atomic mass is 9.86. The number of benzene rings is 2. The van der Waals surface area contributed by atoms with Crippen molar-refractivity contribution in [3.05, 3.63) is 63.7 Å². The quantitative estimate of drug-likeness (QED) is 0.290. The molecule has 10 heteroatoms. The number of carbonyl (C=O) groups excluding carboxylic acids is 1. The lowest BCUT2D eigenvalue weighted by Crippen LogP contribution is -2.61. The molecule has 3 heterocycles. The summed E-state index contributed by atoms with van der Waals surface area (Å²) in [6.45, 7) is 3.95. The Bertz CT molecular complexity index is 1450. The second-order valence-corrected chi connectivity index (χ2v) is 10.2. The largest absolute Gasteiger partial charge is 0.368 e. The molecular weight excluding hydrogens is 519 g/mol. The van der Waals surface area contributed by atoms with Gasteiger partial charge in [0.1, 0.15) is 16.7 Å². The highest BCUT2D eigenvalue weighted by molar-refractivity contribution is 6.37. The number of anilines is 1. The normalized spacial score (nSPS) is 15.4. The monoisotopic (exact) mass is 542 g/mol. The Hall–Kier alpha value is -2.84. The second kappa shape index (κ2) is 9.90. The predicted molar refractivity (Wildman–Crippen MR) is 147 cm³/mol. The summed E-state index contributed by atoms with van der Waals surface area (Å²) >= 11 is 19.1. The van der Waals surface area contributed by atoms with E-state index in [-0.39, 0.29) is 5.91 Å². The van der Waals surface area contributed by atoms with Gasteiger partial charge in [0.25, 0.3) is 0 Å². The molecule has 1 aliphatic heterocycles. The highest BCUT2D eigenvalue weighted by Crippen LogP contribution is 2.41. The van der Waals surface area contributed by atoms with Gasteiger partial charge in [-0.3, -0.25) is 9.89 Å². The molecule has 1 amide bonds. The number of amides is 1. The van der Waals surface area contributed by atoms with Crippen LogP contribution in [0.2, 0.25) is 15.1 Å². The number of halogens is 3. The number of hydrogen-bond acceptors (Lipinski definition) is 5. The fourth-order valence-electron chi connectivity index (χ4n) is 4.98. The van der Waals surface area contributed by atoms with Gasteiger partial charge in [0, 0.05) is 50.9 Å². The summed E-state index contributed by atoms with van der Waals surface area (Å²) in [7, 11) is 0. The third-order valence-corrected chi connectivity index (χ3v) is 7.61. The molecule has 1 aliphatic rings. The van der Waals surface area contributed by atoms with E-state index in [0.717, 1.165) is 39.1 Å². The lowest BCUT2D eigenvalue weighted by Gasteiger charge is -2.40. The van der Waals surface area contributed by atoms with Crippen LogP contribution in [0, 0.1) is 0 Å². The number of hydrogen-bond donors (Lipinski definition) is 3. The maximum absolute atomic E-state index is 12.2. The zero-order valence-electron chi connectivity index (χ0n) is 19.6. The molecule has 0 unspecified atom stereocenters. The molecular formula is C26H25Cl3N6O. The number of nitrogens with two attached hydrogens (primary N) is 1. The zero-order chi connectivity index (χ0) is 25.4. The Morgan fingerprint density at radius 2 is 1.75 bits per heavy atom. The molecule has 0 saturated carbocycles. The van der Waals surface area contributed by atoms with Crippen LogP contribution in [0.5, 0.6) is 0 Å². The van der Waals surface area contributed by atoms with Crippen LogP contribution in [-0.2, 0) is 4.79 Å². The molecule has 0 radical (unpaired) electrons. The average Bonchev–Trinajstić information content (AvgIpc) is 3.29. The van der Waals surface area contributed by atoms with Crippen LogP contribution in [0.1, 0.15) is 19.8 Å². The number of nitrogens with one attached hydrogen (secondary N) is 2. The Labute approximate surface area is 223 Å². The zero-order valence-corrected chi connectivity index (χ0v) is 21.9. The summed E-state index contributed by atoms with van der Waals surface area (Å²) < 4.78 is 0. The number of pyridine rings is 1. The molecule has 0 aliphatic carbocycles. The van der Waals surface area contributed by atoms with Crippen LogP contribution in [0.4, 0.5) is 5.82 Å². The molecule has 2 aromatic carbocycles. The van der Waals surface area contributed by atoms with Crippen molar-refractivity contribution >= 4 is 57.4 Å². The van der Waals surface area contributed by atoms with Gasteiger partial charge in [0.2, 0.25) is 5.91 Å². The molecule has 4 aromatic rings. The van der Waals surface area contributed by atoms with Gasteiger partial charge in [-0.15, -0.1) is 0 Å². The molecule has 36 heavy (non-hydrogen) atoms. The molecule has 0 atom stereocenters. The number of likely N-dealkylation sites (N-methyl/N-ethyl adjacent to an activating group) is 1. The average molecular weight is 544 g/mol. The first-order chi connectivity index (χ1) is 17.3. The molecule has 1 saturated heterocycles. The van der Waals surface area contributed by atoms with Crippen LogP contribution in [-0.4, -0.2) is 46.3 Å². The number of aromatic nitrogens is 3. The van der Waals surface area contributed by atoms with Crippen LogP contribution < -0.4 is 16.0 Å². The fourth-order valence-corrected chi connectivity index (χ4v) is 5.66. The summed E-state index contributed by atoms with van der Waals surface area (Å²) in [5, 5.41) is 13.8. The van der Waals surface area contributed by atoms with Crippen LogP contribution >= 0.6 is 34.8 Å². The van der Waals surface area contributed by atoms with Gasteiger partial charge in [-0.05, 0) is 55.3 Å². The van der Waals surface area contributed by atoms with Crippen LogP contribution in [0.3, 0.4) is 0 Å². The predicted octanol–water partition coefficient (Wildman–Crippen LogP) is 5.69. The first kappa shape index (κ1) is 24.8. The van der Waals surface area contributed by atoms with E-state index >= 15 is 0 Å². The van der Waals surface area contributed by atoms with Gasteiger partial charge in [-0.2, -0.15) is 5.10 Å². The van der Waals surface area contributed by atoms with E-state index in [2.05, 4.69) is 25.4 Å². The Morgan fingerprint density at radius 1 is 1.06 bits per heavy atom. The number of piperidine rings is 1. The Balaban J connectivity index is 1.55. The van der Waals surface area contributed by atoms with Crippen molar-refractivity contribution in [2.24, 2.45) is 5.73 Å². The first-order valence-electron chi connectivity index (χ1n) is 11.7. The number of primary amides is 1. The van der Waals surface area contributed by atoms with Gasteiger partial charge in [0.15, 0.2) is 5.82 Å². The third kappa shape index (κ3) is 4.41. The standard InChI is InChI=1S/C26H25Cl3N6O/c1-2-32-26(25(30)36)8-11-35(12-9-26)24-23-19(7-10-31-24)22(33-34-23)18-6-4-15(27)13-20(18)17-5-3-16(28)14-21(17)29/h3-7,10,13-14,32H,2,8-9,11-12H2,1H3,(H2,30,36)(H,33,34). The van der Waals surface area contributed by atoms with Crippen molar-refractivity contribution in [1.29, 1.82) is 0 Å². The molecule has 7 nitrogen and oxygen atoms in total. The summed E-state index contributed by atoms with van der Waals surface area (Å²) in [5.74, 6) is 0.482. The van der Waals surface area contributed by atoms with Crippen molar-refractivity contribution in [2.45, 2.75) is 25.3 Å². The van der Waals surface area contributed by atoms with E-state index in [1.165, 1.54) is 0 Å². The molecule has 2 aromatic heterocycles. The van der Waals surface area contributed by atoms with Crippen molar-refractivity contribution in [2.75, 3.05) is 24.5 Å².